The fourth-order valence-corrected chi connectivity index (χ4v) is 2.25. The van der Waals surface area contributed by atoms with Crippen LogP contribution in [0.3, 0.4) is 0 Å². The van der Waals surface area contributed by atoms with Crippen LogP contribution in [0.2, 0.25) is 0 Å². The molecule has 0 saturated carbocycles. The molecule has 0 aliphatic heterocycles. The van der Waals surface area contributed by atoms with E-state index in [1.165, 1.54) is 12.1 Å². The summed E-state index contributed by atoms with van der Waals surface area (Å²) in [4.78, 5) is 4.44. The normalized spacial score (nSPS) is 11.3. The van der Waals surface area contributed by atoms with E-state index in [2.05, 4.69) is 21.7 Å². The highest BCUT2D eigenvalue weighted by Crippen LogP contribution is 2.29. The van der Waals surface area contributed by atoms with E-state index >= 15 is 0 Å². The fourth-order valence-electron chi connectivity index (χ4n) is 2.25. The molecule has 0 spiro atoms. The fraction of sp³-hybridized carbons (Fsp3) is 0.263. The first-order valence-corrected chi connectivity index (χ1v) is 8.09. The summed E-state index contributed by atoms with van der Waals surface area (Å²) in [5.74, 6) is 0.551. The number of hydrogen-bond donors (Lipinski definition) is 2. The van der Waals surface area contributed by atoms with E-state index in [9.17, 15) is 13.2 Å². The number of aliphatic imine (C=N–C) groups is 1. The van der Waals surface area contributed by atoms with Gasteiger partial charge in [0.2, 0.25) is 0 Å². The van der Waals surface area contributed by atoms with Crippen LogP contribution in [-0.2, 0) is 19.3 Å². The van der Waals surface area contributed by atoms with E-state index < -0.39 is 11.7 Å². The Hall–Kier alpha value is -2.28. The Balaban J connectivity index is 0.00000364. The van der Waals surface area contributed by atoms with Crippen LogP contribution in [-0.4, -0.2) is 12.5 Å². The molecule has 0 amide bonds. The molecule has 0 atom stereocenters. The molecular formula is C19H20F3IN4. The first-order chi connectivity index (χ1) is 12.4. The lowest BCUT2D eigenvalue weighted by Gasteiger charge is -2.12. The van der Waals surface area contributed by atoms with Crippen molar-refractivity contribution in [1.29, 1.82) is 5.26 Å². The van der Waals surface area contributed by atoms with Gasteiger partial charge in [0.15, 0.2) is 5.96 Å². The Bertz CT molecular complexity index is 796. The Kier molecular flexibility index (Phi) is 9.08. The molecule has 0 bridgehead atoms. The van der Waals surface area contributed by atoms with Gasteiger partial charge in [-0.1, -0.05) is 24.3 Å². The van der Waals surface area contributed by atoms with E-state index in [4.69, 9.17) is 5.26 Å². The average Bonchev–Trinajstić information content (AvgIpc) is 2.64. The molecule has 0 aliphatic carbocycles. The average molecular weight is 488 g/mol. The number of nitriles is 1. The molecule has 0 unspecified atom stereocenters. The van der Waals surface area contributed by atoms with Crippen LogP contribution in [0, 0.1) is 11.3 Å². The topological polar surface area (TPSA) is 60.2 Å². The Morgan fingerprint density at radius 3 is 2.37 bits per heavy atom. The van der Waals surface area contributed by atoms with Gasteiger partial charge in [0, 0.05) is 13.1 Å². The lowest BCUT2D eigenvalue weighted by atomic mass is 10.1. The molecule has 8 heteroatoms. The molecule has 2 aromatic carbocycles. The summed E-state index contributed by atoms with van der Waals surface area (Å²) in [6.45, 7) is 3.31. The van der Waals surface area contributed by atoms with E-state index in [-0.39, 0.29) is 24.0 Å². The molecule has 0 heterocycles. The number of alkyl halides is 3. The molecule has 4 nitrogen and oxygen atoms in total. The van der Waals surface area contributed by atoms with Crippen molar-refractivity contribution in [3.05, 3.63) is 70.8 Å². The van der Waals surface area contributed by atoms with Gasteiger partial charge in [0.05, 0.1) is 23.7 Å². The van der Waals surface area contributed by atoms with Crippen molar-refractivity contribution in [2.24, 2.45) is 4.99 Å². The van der Waals surface area contributed by atoms with Crippen molar-refractivity contribution < 1.29 is 13.2 Å². The summed E-state index contributed by atoms with van der Waals surface area (Å²) in [5.41, 5.74) is 1.52. The lowest BCUT2D eigenvalue weighted by molar-refractivity contribution is -0.137. The number of benzene rings is 2. The molecule has 0 saturated heterocycles. The van der Waals surface area contributed by atoms with Gasteiger partial charge in [-0.2, -0.15) is 18.4 Å². The zero-order valence-electron chi connectivity index (χ0n) is 14.7. The highest BCUT2D eigenvalue weighted by molar-refractivity contribution is 14.0. The zero-order valence-corrected chi connectivity index (χ0v) is 17.0. The maximum Gasteiger partial charge on any atom is 0.416 e. The molecule has 2 aromatic rings. The number of nitrogens with one attached hydrogen (secondary N) is 2. The minimum Gasteiger partial charge on any atom is -0.357 e. The number of nitrogens with zero attached hydrogens (tertiary/aromatic N) is 2. The van der Waals surface area contributed by atoms with Gasteiger partial charge < -0.3 is 10.6 Å². The Morgan fingerprint density at radius 1 is 1.07 bits per heavy atom. The monoisotopic (exact) mass is 488 g/mol. The van der Waals surface area contributed by atoms with E-state index in [1.54, 1.807) is 18.2 Å². The standard InChI is InChI=1S/C19H19F3N4.HI/c1-2-24-18(26-13-16-5-3-4-15(10-16)11-23)25-12-14-6-8-17(9-7-14)19(20,21)22;/h3-10H,2,12-13H2,1H3,(H2,24,25,26);1H. The Labute approximate surface area is 173 Å². The molecule has 27 heavy (non-hydrogen) atoms. The first kappa shape index (κ1) is 22.8. The highest BCUT2D eigenvalue weighted by atomic mass is 127. The molecule has 144 valence electrons. The third-order valence-electron chi connectivity index (χ3n) is 3.56. The van der Waals surface area contributed by atoms with Crippen LogP contribution in [0.1, 0.15) is 29.2 Å². The quantitative estimate of drug-likeness (QED) is 0.372. The Morgan fingerprint density at radius 2 is 1.78 bits per heavy atom. The maximum absolute atomic E-state index is 12.6. The van der Waals surface area contributed by atoms with Crippen molar-refractivity contribution in [2.45, 2.75) is 26.2 Å². The van der Waals surface area contributed by atoms with Gasteiger partial charge >= 0.3 is 6.18 Å². The second-order valence-corrected chi connectivity index (χ2v) is 5.56. The third-order valence-corrected chi connectivity index (χ3v) is 3.56. The zero-order chi connectivity index (χ0) is 19.0. The summed E-state index contributed by atoms with van der Waals surface area (Å²) in [7, 11) is 0. The SMILES string of the molecule is CCNC(=NCc1cccc(C#N)c1)NCc1ccc(C(F)(F)F)cc1.I. The minimum absolute atomic E-state index is 0. The van der Waals surface area contributed by atoms with Crippen LogP contribution < -0.4 is 10.6 Å². The van der Waals surface area contributed by atoms with Gasteiger partial charge in [-0.3, -0.25) is 0 Å². The molecule has 2 N–H and O–H groups in total. The van der Waals surface area contributed by atoms with Crippen LogP contribution in [0.15, 0.2) is 53.5 Å². The van der Waals surface area contributed by atoms with Crippen molar-refractivity contribution >= 4 is 29.9 Å². The van der Waals surface area contributed by atoms with Crippen molar-refractivity contribution in [1.82, 2.24) is 10.6 Å². The number of hydrogen-bond acceptors (Lipinski definition) is 2. The predicted molar refractivity (Wildman–Crippen MR) is 110 cm³/mol. The summed E-state index contributed by atoms with van der Waals surface area (Å²) in [6.07, 6.45) is -4.33. The molecule has 0 aliphatic rings. The summed E-state index contributed by atoms with van der Waals surface area (Å²) in [5, 5.41) is 15.1. The molecular weight excluding hydrogens is 468 g/mol. The molecule has 0 radical (unpaired) electrons. The predicted octanol–water partition coefficient (Wildman–Crippen LogP) is 4.45. The number of guanidine groups is 1. The second-order valence-electron chi connectivity index (χ2n) is 5.56. The van der Waals surface area contributed by atoms with Gasteiger partial charge in [-0.05, 0) is 42.3 Å². The van der Waals surface area contributed by atoms with Crippen LogP contribution in [0.4, 0.5) is 13.2 Å². The third kappa shape index (κ3) is 7.46. The molecule has 0 aromatic heterocycles. The van der Waals surface area contributed by atoms with Crippen LogP contribution >= 0.6 is 24.0 Å². The van der Waals surface area contributed by atoms with Gasteiger partial charge in [-0.15, -0.1) is 24.0 Å². The van der Waals surface area contributed by atoms with Crippen molar-refractivity contribution in [3.63, 3.8) is 0 Å². The first-order valence-electron chi connectivity index (χ1n) is 8.09. The largest absolute Gasteiger partial charge is 0.416 e. The van der Waals surface area contributed by atoms with E-state index in [0.717, 1.165) is 23.3 Å². The summed E-state index contributed by atoms with van der Waals surface area (Å²) >= 11 is 0. The maximum atomic E-state index is 12.6. The van der Waals surface area contributed by atoms with Gasteiger partial charge in [0.25, 0.3) is 0 Å². The van der Waals surface area contributed by atoms with Crippen LogP contribution in [0.25, 0.3) is 0 Å². The van der Waals surface area contributed by atoms with Crippen LogP contribution in [0.5, 0.6) is 0 Å². The smallest absolute Gasteiger partial charge is 0.357 e. The van der Waals surface area contributed by atoms with Gasteiger partial charge in [-0.25, -0.2) is 4.99 Å². The summed E-state index contributed by atoms with van der Waals surface area (Å²) in [6, 6.07) is 14.3. The second kappa shape index (κ2) is 10.8. The van der Waals surface area contributed by atoms with E-state index in [1.807, 2.05) is 13.0 Å². The van der Waals surface area contributed by atoms with Gasteiger partial charge in [0.1, 0.15) is 0 Å². The highest BCUT2D eigenvalue weighted by Gasteiger charge is 2.29. The lowest BCUT2D eigenvalue weighted by Crippen LogP contribution is -2.36. The van der Waals surface area contributed by atoms with Crippen molar-refractivity contribution in [2.75, 3.05) is 6.54 Å². The molecule has 0 fully saturated rings. The minimum atomic E-state index is -4.33. The van der Waals surface area contributed by atoms with Crippen molar-refractivity contribution in [3.8, 4) is 6.07 Å². The molecule has 2 rings (SSSR count). The number of rotatable bonds is 5. The summed E-state index contributed by atoms with van der Waals surface area (Å²) < 4.78 is 37.8. The van der Waals surface area contributed by atoms with E-state index in [0.29, 0.717) is 31.2 Å². The number of halogens is 4.